The monoisotopic (exact) mass is 287 g/mol. The molecule has 0 aromatic carbocycles. The van der Waals surface area contributed by atoms with E-state index in [1.54, 1.807) is 39.2 Å². The number of carbonyl (C=O) groups excluding carboxylic acids is 1. The number of rotatable bonds is 0. The molecule has 21 heavy (non-hydrogen) atoms. The van der Waals surface area contributed by atoms with Crippen molar-refractivity contribution >= 4 is 11.6 Å². The van der Waals surface area contributed by atoms with Gasteiger partial charge in [-0.1, -0.05) is 0 Å². The molecule has 0 saturated heterocycles. The predicted octanol–water partition coefficient (Wildman–Crippen LogP) is 1.95. The SMILES string of the molecule is Cc1cc2c(c(F)n1)-c1ccn(C)c(=O)c1C(C)C(=O)N2. The average molecular weight is 287 g/mol. The summed E-state index contributed by atoms with van der Waals surface area (Å²) in [5.74, 6) is -1.68. The zero-order chi connectivity index (χ0) is 15.3. The van der Waals surface area contributed by atoms with Gasteiger partial charge in [0.25, 0.3) is 5.56 Å². The smallest absolute Gasteiger partial charge is 0.254 e. The van der Waals surface area contributed by atoms with Gasteiger partial charge in [0.15, 0.2) is 0 Å². The molecule has 0 spiro atoms. The van der Waals surface area contributed by atoms with Gasteiger partial charge in [-0.2, -0.15) is 4.39 Å². The van der Waals surface area contributed by atoms with Crippen LogP contribution in [0.15, 0.2) is 23.1 Å². The number of nitrogens with one attached hydrogen (secondary N) is 1. The standard InChI is InChI=1S/C15H14FN3O2/c1-7-6-10-12(13(16)17-7)9-4-5-19(3)15(21)11(9)8(2)14(20)18-10/h4-6,8H,1-3H3,(H,18,20). The summed E-state index contributed by atoms with van der Waals surface area (Å²) >= 11 is 0. The first-order chi connectivity index (χ1) is 9.90. The summed E-state index contributed by atoms with van der Waals surface area (Å²) in [7, 11) is 1.60. The summed E-state index contributed by atoms with van der Waals surface area (Å²) in [4.78, 5) is 28.4. The average Bonchev–Trinajstić information content (AvgIpc) is 2.50. The van der Waals surface area contributed by atoms with Gasteiger partial charge < -0.3 is 9.88 Å². The van der Waals surface area contributed by atoms with Crippen LogP contribution in [0.4, 0.5) is 10.1 Å². The van der Waals surface area contributed by atoms with E-state index < -0.39 is 11.9 Å². The van der Waals surface area contributed by atoms with Gasteiger partial charge in [-0.3, -0.25) is 9.59 Å². The minimum atomic E-state index is -0.686. The van der Waals surface area contributed by atoms with Gasteiger partial charge in [-0.25, -0.2) is 4.98 Å². The molecule has 0 fully saturated rings. The van der Waals surface area contributed by atoms with Crippen LogP contribution < -0.4 is 10.9 Å². The van der Waals surface area contributed by atoms with Crippen molar-refractivity contribution in [1.29, 1.82) is 0 Å². The largest absolute Gasteiger partial charge is 0.325 e. The van der Waals surface area contributed by atoms with Crippen molar-refractivity contribution in [2.24, 2.45) is 7.05 Å². The lowest BCUT2D eigenvalue weighted by atomic mass is 9.94. The normalized spacial score (nSPS) is 16.8. The Bertz CT molecular complexity index is 826. The van der Waals surface area contributed by atoms with Crippen LogP contribution in [0.25, 0.3) is 11.1 Å². The molecule has 2 aromatic rings. The van der Waals surface area contributed by atoms with Crippen LogP contribution in [0.3, 0.4) is 0 Å². The van der Waals surface area contributed by atoms with Gasteiger partial charge in [0, 0.05) is 24.5 Å². The second kappa shape index (κ2) is 4.51. The number of nitrogens with zero attached hydrogens (tertiary/aromatic N) is 2. The van der Waals surface area contributed by atoms with Crippen molar-refractivity contribution < 1.29 is 9.18 Å². The Morgan fingerprint density at radius 3 is 2.81 bits per heavy atom. The summed E-state index contributed by atoms with van der Waals surface area (Å²) in [6.45, 7) is 3.29. The van der Waals surface area contributed by atoms with Crippen molar-refractivity contribution in [3.05, 3.63) is 45.9 Å². The molecule has 1 N–H and O–H groups in total. The molecule has 1 atom stereocenters. The first-order valence-electron chi connectivity index (χ1n) is 6.58. The third-order valence-electron chi connectivity index (χ3n) is 3.76. The van der Waals surface area contributed by atoms with E-state index in [4.69, 9.17) is 0 Å². The minimum absolute atomic E-state index is 0.172. The van der Waals surface area contributed by atoms with Gasteiger partial charge in [-0.05, 0) is 31.5 Å². The Morgan fingerprint density at radius 1 is 1.38 bits per heavy atom. The summed E-state index contributed by atoms with van der Waals surface area (Å²) < 4.78 is 15.7. The number of hydrogen-bond acceptors (Lipinski definition) is 3. The number of amides is 1. The van der Waals surface area contributed by atoms with Crippen LogP contribution in [-0.2, 0) is 11.8 Å². The zero-order valence-corrected chi connectivity index (χ0v) is 11.9. The zero-order valence-electron chi connectivity index (χ0n) is 11.9. The molecule has 0 bridgehead atoms. The van der Waals surface area contributed by atoms with Gasteiger partial charge in [0.2, 0.25) is 11.9 Å². The van der Waals surface area contributed by atoms with Crippen molar-refractivity contribution in [3.63, 3.8) is 0 Å². The first kappa shape index (κ1) is 13.5. The molecule has 3 rings (SSSR count). The first-order valence-corrected chi connectivity index (χ1v) is 6.58. The number of hydrogen-bond donors (Lipinski definition) is 1. The quantitative estimate of drug-likeness (QED) is 0.753. The number of aromatic nitrogens is 2. The topological polar surface area (TPSA) is 64.0 Å². The number of aryl methyl sites for hydroxylation is 2. The van der Waals surface area contributed by atoms with Crippen LogP contribution in [0.2, 0.25) is 0 Å². The molecule has 0 saturated carbocycles. The third-order valence-corrected chi connectivity index (χ3v) is 3.76. The van der Waals surface area contributed by atoms with Gasteiger partial charge in [-0.15, -0.1) is 0 Å². The lowest BCUT2D eigenvalue weighted by Crippen LogP contribution is -2.27. The van der Waals surface area contributed by atoms with Crippen LogP contribution in [0, 0.1) is 12.9 Å². The lowest BCUT2D eigenvalue weighted by molar-refractivity contribution is -0.117. The van der Waals surface area contributed by atoms with Crippen LogP contribution in [0.1, 0.15) is 24.1 Å². The van der Waals surface area contributed by atoms with Crippen LogP contribution in [-0.4, -0.2) is 15.5 Å². The van der Waals surface area contributed by atoms with E-state index in [-0.39, 0.29) is 17.0 Å². The Hall–Kier alpha value is -2.50. The molecular formula is C15H14FN3O2. The molecule has 1 aliphatic heterocycles. The number of fused-ring (bicyclic) bond motifs is 3. The molecule has 2 aromatic heterocycles. The molecule has 1 unspecified atom stereocenters. The van der Waals surface area contributed by atoms with Gasteiger partial charge in [0.05, 0.1) is 17.2 Å². The minimum Gasteiger partial charge on any atom is -0.325 e. The second-order valence-electron chi connectivity index (χ2n) is 5.25. The maximum Gasteiger partial charge on any atom is 0.254 e. The highest BCUT2D eigenvalue weighted by Gasteiger charge is 2.30. The fourth-order valence-corrected chi connectivity index (χ4v) is 2.65. The maximum atomic E-state index is 14.3. The molecule has 0 aliphatic carbocycles. The van der Waals surface area contributed by atoms with Crippen LogP contribution >= 0.6 is 0 Å². The molecule has 1 aliphatic rings. The van der Waals surface area contributed by atoms with Gasteiger partial charge >= 0.3 is 0 Å². The molecule has 6 heteroatoms. The summed E-state index contributed by atoms with van der Waals surface area (Å²) in [5.41, 5.74) is 1.40. The number of carbonyl (C=O) groups is 1. The predicted molar refractivity (Wildman–Crippen MR) is 76.7 cm³/mol. The van der Waals surface area contributed by atoms with E-state index >= 15 is 0 Å². The fraction of sp³-hybridized carbons (Fsp3) is 0.267. The van der Waals surface area contributed by atoms with Crippen molar-refractivity contribution in [2.45, 2.75) is 19.8 Å². The van der Waals surface area contributed by atoms with E-state index in [2.05, 4.69) is 10.3 Å². The summed E-state index contributed by atoms with van der Waals surface area (Å²) in [6.07, 6.45) is 1.56. The van der Waals surface area contributed by atoms with Crippen LogP contribution in [0.5, 0.6) is 0 Å². The number of pyridine rings is 2. The number of anilines is 1. The van der Waals surface area contributed by atoms with E-state index in [1.807, 2.05) is 0 Å². The fourth-order valence-electron chi connectivity index (χ4n) is 2.65. The van der Waals surface area contributed by atoms with Crippen molar-refractivity contribution in [2.75, 3.05) is 5.32 Å². The van der Waals surface area contributed by atoms with Crippen molar-refractivity contribution in [3.8, 4) is 11.1 Å². The van der Waals surface area contributed by atoms with Gasteiger partial charge in [0.1, 0.15) is 0 Å². The molecule has 0 radical (unpaired) electrons. The molecular weight excluding hydrogens is 273 g/mol. The second-order valence-corrected chi connectivity index (χ2v) is 5.25. The Morgan fingerprint density at radius 2 is 2.10 bits per heavy atom. The van der Waals surface area contributed by atoms with E-state index in [9.17, 15) is 14.0 Å². The molecule has 5 nitrogen and oxygen atoms in total. The Balaban J connectivity index is 2.46. The Labute approximate surface area is 120 Å². The van der Waals surface area contributed by atoms with Crippen molar-refractivity contribution in [1.82, 2.24) is 9.55 Å². The van der Waals surface area contributed by atoms with E-state index in [1.165, 1.54) is 4.57 Å². The summed E-state index contributed by atoms with van der Waals surface area (Å²) in [5, 5.41) is 2.68. The summed E-state index contributed by atoms with van der Waals surface area (Å²) in [6, 6.07) is 3.25. The lowest BCUT2D eigenvalue weighted by Gasteiger charge is -2.12. The molecule has 108 valence electrons. The third kappa shape index (κ3) is 1.94. The highest BCUT2D eigenvalue weighted by Crippen LogP contribution is 2.37. The maximum absolute atomic E-state index is 14.3. The molecule has 3 heterocycles. The van der Waals surface area contributed by atoms with E-state index in [0.29, 0.717) is 22.5 Å². The molecule has 1 amide bonds. The Kier molecular flexibility index (Phi) is 2.90. The number of halogens is 1. The van der Waals surface area contributed by atoms with E-state index in [0.717, 1.165) is 0 Å². The highest BCUT2D eigenvalue weighted by molar-refractivity contribution is 6.03. The highest BCUT2D eigenvalue weighted by atomic mass is 19.1.